The van der Waals surface area contributed by atoms with Gasteiger partial charge < -0.3 is 27.9 Å². The van der Waals surface area contributed by atoms with Crippen molar-refractivity contribution in [1.82, 2.24) is 0 Å². The highest BCUT2D eigenvalue weighted by molar-refractivity contribution is 7.45. The van der Waals surface area contributed by atoms with Crippen LogP contribution in [0, 0.1) is 0 Å². The Morgan fingerprint density at radius 2 is 1.08 bits per heavy atom. The molecule has 51 heavy (non-hydrogen) atoms. The van der Waals surface area contributed by atoms with Crippen molar-refractivity contribution in [3.63, 3.8) is 0 Å². The summed E-state index contributed by atoms with van der Waals surface area (Å²) in [4.78, 5) is 37.4. The highest BCUT2D eigenvalue weighted by Crippen LogP contribution is 2.38. The van der Waals surface area contributed by atoms with Gasteiger partial charge in [-0.3, -0.25) is 14.2 Å². The Kier molecular flexibility index (Phi) is 33.3. The molecule has 0 aromatic heterocycles. The van der Waals surface area contributed by atoms with Gasteiger partial charge in [0.15, 0.2) is 6.10 Å². The van der Waals surface area contributed by atoms with E-state index in [-0.39, 0.29) is 26.1 Å². The normalized spacial score (nSPS) is 13.9. The number of phosphoric acid groups is 1. The minimum atomic E-state index is -4.62. The topological polar surface area (TPSA) is 111 Å². The molecule has 0 saturated heterocycles. The van der Waals surface area contributed by atoms with Gasteiger partial charge >= 0.3 is 11.9 Å². The maximum Gasteiger partial charge on any atom is 0.306 e. The van der Waals surface area contributed by atoms with Gasteiger partial charge in [0.2, 0.25) is 0 Å². The van der Waals surface area contributed by atoms with Crippen molar-refractivity contribution in [2.75, 3.05) is 47.5 Å². The summed E-state index contributed by atoms with van der Waals surface area (Å²) in [5.41, 5.74) is 0. The van der Waals surface area contributed by atoms with Crippen LogP contribution in [0.1, 0.15) is 174 Å². The molecule has 0 N–H and O–H groups in total. The SMILES string of the molecule is CCCC/C=C/C/C=C/CCCCCCCC(=O)OC[C@H](COP(=O)([O-])OCC[N+](C)(C)C)OC(=O)CCCCCCCCCCCCCCC. The van der Waals surface area contributed by atoms with E-state index in [0.29, 0.717) is 23.9 Å². The predicted molar refractivity (Wildman–Crippen MR) is 208 cm³/mol. The second-order valence-corrected chi connectivity index (χ2v) is 16.4. The Labute approximate surface area is 313 Å². The van der Waals surface area contributed by atoms with E-state index in [0.717, 1.165) is 57.8 Å². The number of esters is 2. The van der Waals surface area contributed by atoms with E-state index in [1.165, 1.54) is 77.0 Å². The molecule has 0 radical (unpaired) electrons. The van der Waals surface area contributed by atoms with Crippen molar-refractivity contribution in [1.29, 1.82) is 0 Å². The van der Waals surface area contributed by atoms with Gasteiger partial charge in [0, 0.05) is 12.8 Å². The third-order valence-electron chi connectivity index (χ3n) is 8.72. The average Bonchev–Trinajstić information content (AvgIpc) is 3.07. The fourth-order valence-electron chi connectivity index (χ4n) is 5.43. The van der Waals surface area contributed by atoms with E-state index < -0.39 is 32.5 Å². The number of hydrogen-bond donors (Lipinski definition) is 0. The number of ether oxygens (including phenoxy) is 2. The molecule has 0 aliphatic carbocycles. The maximum atomic E-state index is 12.6. The monoisotopic (exact) mass is 744 g/mol. The fourth-order valence-corrected chi connectivity index (χ4v) is 6.16. The van der Waals surface area contributed by atoms with E-state index >= 15 is 0 Å². The molecular formula is C41H78NO8P. The number of quaternary nitrogens is 1. The molecular weight excluding hydrogens is 665 g/mol. The molecule has 2 atom stereocenters. The van der Waals surface area contributed by atoms with Gasteiger partial charge in [0.05, 0.1) is 27.7 Å². The number of unbranched alkanes of at least 4 members (excludes halogenated alkanes) is 19. The molecule has 0 saturated carbocycles. The molecule has 1 unspecified atom stereocenters. The van der Waals surface area contributed by atoms with Crippen LogP contribution in [0.4, 0.5) is 0 Å². The first kappa shape index (κ1) is 49.5. The Balaban J connectivity index is 4.41. The van der Waals surface area contributed by atoms with Gasteiger partial charge in [0.1, 0.15) is 19.8 Å². The number of phosphoric ester groups is 1. The second-order valence-electron chi connectivity index (χ2n) is 15.0. The number of carbonyl (C=O) groups excluding carboxylic acids is 2. The Bertz CT molecular complexity index is 933. The first-order chi connectivity index (χ1) is 24.5. The fraction of sp³-hybridized carbons (Fsp3) is 0.854. The molecule has 0 aliphatic rings. The zero-order valence-electron chi connectivity index (χ0n) is 33.6. The molecule has 10 heteroatoms. The number of rotatable bonds is 37. The molecule has 300 valence electrons. The number of carbonyl (C=O) groups is 2. The summed E-state index contributed by atoms with van der Waals surface area (Å²) in [7, 11) is 1.16. The van der Waals surface area contributed by atoms with E-state index in [4.69, 9.17) is 18.5 Å². The zero-order chi connectivity index (χ0) is 37.9. The Morgan fingerprint density at radius 1 is 0.608 bits per heavy atom. The van der Waals surface area contributed by atoms with E-state index in [1.54, 1.807) is 0 Å². The Hall–Kier alpha value is -1.51. The van der Waals surface area contributed by atoms with Gasteiger partial charge in [0.25, 0.3) is 7.82 Å². The lowest BCUT2D eigenvalue weighted by Crippen LogP contribution is -2.37. The molecule has 0 aliphatic heterocycles. The molecule has 0 rings (SSSR count). The number of hydrogen-bond acceptors (Lipinski definition) is 8. The third-order valence-corrected chi connectivity index (χ3v) is 9.69. The summed E-state index contributed by atoms with van der Waals surface area (Å²) < 4.78 is 33.8. The summed E-state index contributed by atoms with van der Waals surface area (Å²) >= 11 is 0. The van der Waals surface area contributed by atoms with Crippen molar-refractivity contribution in [2.24, 2.45) is 0 Å². The van der Waals surface area contributed by atoms with E-state index in [9.17, 15) is 19.0 Å². The van der Waals surface area contributed by atoms with Gasteiger partial charge in [-0.15, -0.1) is 0 Å². The van der Waals surface area contributed by atoms with Gasteiger partial charge in [-0.1, -0.05) is 147 Å². The smallest absolute Gasteiger partial charge is 0.306 e. The average molecular weight is 744 g/mol. The van der Waals surface area contributed by atoms with Crippen LogP contribution in [0.25, 0.3) is 0 Å². The van der Waals surface area contributed by atoms with Crippen molar-refractivity contribution in [2.45, 2.75) is 180 Å². The van der Waals surface area contributed by atoms with Crippen LogP contribution in [0.15, 0.2) is 24.3 Å². The zero-order valence-corrected chi connectivity index (χ0v) is 34.4. The summed E-state index contributed by atoms with van der Waals surface area (Å²) in [6, 6.07) is 0. The number of nitrogens with zero attached hydrogens (tertiary/aromatic N) is 1. The summed E-state index contributed by atoms with van der Waals surface area (Å²) in [6.45, 7) is 4.17. The van der Waals surface area contributed by atoms with Crippen molar-refractivity contribution >= 4 is 19.8 Å². The van der Waals surface area contributed by atoms with Gasteiger partial charge in [-0.05, 0) is 38.5 Å². The summed E-state index contributed by atoms with van der Waals surface area (Å²) in [6.07, 6.45) is 34.8. The van der Waals surface area contributed by atoms with Crippen LogP contribution >= 0.6 is 7.82 Å². The second kappa shape index (κ2) is 34.3. The first-order valence-electron chi connectivity index (χ1n) is 20.5. The van der Waals surface area contributed by atoms with Crippen molar-refractivity contribution in [3.8, 4) is 0 Å². The van der Waals surface area contributed by atoms with Crippen LogP contribution in [0.5, 0.6) is 0 Å². The van der Waals surface area contributed by atoms with Gasteiger partial charge in [-0.25, -0.2) is 0 Å². The molecule has 0 amide bonds. The van der Waals surface area contributed by atoms with Crippen LogP contribution in [0.3, 0.4) is 0 Å². The number of allylic oxidation sites excluding steroid dienone is 4. The lowest BCUT2D eigenvalue weighted by molar-refractivity contribution is -0.870. The molecule has 9 nitrogen and oxygen atoms in total. The molecule has 0 aromatic rings. The van der Waals surface area contributed by atoms with Crippen molar-refractivity contribution < 1.29 is 42.1 Å². The van der Waals surface area contributed by atoms with E-state index in [1.807, 2.05) is 21.1 Å². The highest BCUT2D eigenvalue weighted by Gasteiger charge is 2.21. The molecule has 0 spiro atoms. The molecule has 0 bridgehead atoms. The summed E-state index contributed by atoms with van der Waals surface area (Å²) in [5, 5.41) is 0. The quantitative estimate of drug-likeness (QED) is 0.0203. The van der Waals surface area contributed by atoms with Crippen LogP contribution in [0.2, 0.25) is 0 Å². The summed E-state index contributed by atoms with van der Waals surface area (Å²) in [5.74, 6) is -0.848. The first-order valence-corrected chi connectivity index (χ1v) is 22.0. The van der Waals surface area contributed by atoms with E-state index in [2.05, 4.69) is 38.2 Å². The molecule has 0 heterocycles. The molecule has 0 fully saturated rings. The van der Waals surface area contributed by atoms with Crippen LogP contribution in [-0.2, 0) is 32.7 Å². The standard InChI is InChI=1S/C41H78NO8P/c1-6-8-10-12-14-16-18-20-22-23-25-27-29-31-33-40(43)47-37-39(38-49-51(45,46)48-36-35-42(3,4)5)50-41(44)34-32-30-28-26-24-21-19-17-15-13-11-9-7-2/h12,14,18,20,39H,6-11,13,15-17,19,21-38H2,1-5H3/b14-12+,20-18+/t39-/m1/s1. The lowest BCUT2D eigenvalue weighted by atomic mass is 10.0. The Morgan fingerprint density at radius 3 is 1.61 bits per heavy atom. The van der Waals surface area contributed by atoms with Crippen LogP contribution in [-0.4, -0.2) is 70.0 Å². The molecule has 0 aromatic carbocycles. The maximum absolute atomic E-state index is 12.6. The lowest BCUT2D eigenvalue weighted by Gasteiger charge is -2.28. The van der Waals surface area contributed by atoms with Gasteiger partial charge in [-0.2, -0.15) is 0 Å². The minimum Gasteiger partial charge on any atom is -0.756 e. The minimum absolute atomic E-state index is 0.0315. The third kappa shape index (κ3) is 38.0. The highest BCUT2D eigenvalue weighted by atomic mass is 31.2. The van der Waals surface area contributed by atoms with Crippen molar-refractivity contribution in [3.05, 3.63) is 24.3 Å². The van der Waals surface area contributed by atoms with Crippen LogP contribution < -0.4 is 4.89 Å². The number of likely N-dealkylation sites (N-methyl/N-ethyl adjacent to an activating group) is 1. The largest absolute Gasteiger partial charge is 0.756 e. The predicted octanol–water partition coefficient (Wildman–Crippen LogP) is 10.6.